The molecule has 0 spiro atoms. The van der Waals surface area contributed by atoms with Crippen molar-refractivity contribution in [3.05, 3.63) is 65.2 Å². The van der Waals surface area contributed by atoms with Crippen LogP contribution < -0.4 is 0 Å². The molecule has 2 aromatic rings. The molecule has 2 aliphatic rings. The zero-order valence-corrected chi connectivity index (χ0v) is 16.2. The quantitative estimate of drug-likeness (QED) is 0.761. The minimum Gasteiger partial charge on any atom is -0.337 e. The Bertz CT molecular complexity index is 1060. The van der Waals surface area contributed by atoms with Crippen molar-refractivity contribution < 1.29 is 26.4 Å². The zero-order chi connectivity index (χ0) is 20.8. The lowest BCUT2D eigenvalue weighted by molar-refractivity contribution is -0.135. The molecule has 2 unspecified atom stereocenters. The molecule has 0 aliphatic carbocycles. The summed E-state index contributed by atoms with van der Waals surface area (Å²) in [4.78, 5) is 13.8. The number of hydrogen-bond acceptors (Lipinski definition) is 3. The van der Waals surface area contributed by atoms with Gasteiger partial charge in [-0.2, -0.15) is 4.31 Å². The maximum atomic E-state index is 14.2. The van der Waals surface area contributed by atoms with E-state index in [4.69, 9.17) is 0 Å². The van der Waals surface area contributed by atoms with Crippen LogP contribution in [0, 0.1) is 11.6 Å². The minimum absolute atomic E-state index is 0.293. The van der Waals surface area contributed by atoms with Crippen molar-refractivity contribution in [3.8, 4) is 0 Å². The summed E-state index contributed by atoms with van der Waals surface area (Å²) in [5, 5.41) is 0. The Balaban J connectivity index is 1.62. The van der Waals surface area contributed by atoms with Crippen LogP contribution in [-0.4, -0.2) is 48.8 Å². The van der Waals surface area contributed by atoms with Gasteiger partial charge in [-0.1, -0.05) is 24.3 Å². The van der Waals surface area contributed by atoms with Gasteiger partial charge in [0.15, 0.2) is 0 Å². The number of nitrogens with zero attached hydrogens (tertiary/aromatic N) is 2. The average Bonchev–Trinajstić information content (AvgIpc) is 3.09. The number of carbonyl (C=O) groups excluding carboxylic acids is 1. The standard InChI is InChI=1S/C20H19F3N2O3S/c21-15-5-6-19(17(23)9-15)29(27,28)25-12-16(22)10-18(25)20(26)24-8-7-13-3-1-2-4-14(13)11-24/h1-6,9,16,18H,7-8,10-12H2. The predicted molar refractivity (Wildman–Crippen MR) is 99.1 cm³/mol. The van der Waals surface area contributed by atoms with Crippen molar-refractivity contribution in [2.45, 2.75) is 36.5 Å². The summed E-state index contributed by atoms with van der Waals surface area (Å²) in [6.45, 7) is 0.156. The van der Waals surface area contributed by atoms with Crippen LogP contribution in [0.4, 0.5) is 13.2 Å². The van der Waals surface area contributed by atoms with E-state index >= 15 is 0 Å². The van der Waals surface area contributed by atoms with Gasteiger partial charge in [0.25, 0.3) is 0 Å². The van der Waals surface area contributed by atoms with E-state index in [0.29, 0.717) is 29.9 Å². The lowest BCUT2D eigenvalue weighted by Gasteiger charge is -2.33. The summed E-state index contributed by atoms with van der Waals surface area (Å²) in [6, 6.07) is 8.43. The van der Waals surface area contributed by atoms with Gasteiger partial charge in [-0.3, -0.25) is 4.79 Å². The molecule has 1 amide bonds. The molecule has 4 rings (SSSR count). The van der Waals surface area contributed by atoms with Gasteiger partial charge in [-0.25, -0.2) is 21.6 Å². The third-order valence-electron chi connectivity index (χ3n) is 5.41. The van der Waals surface area contributed by atoms with E-state index in [-0.39, 0.29) is 6.42 Å². The van der Waals surface area contributed by atoms with E-state index in [1.165, 1.54) is 4.90 Å². The Morgan fingerprint density at radius 2 is 1.79 bits per heavy atom. The van der Waals surface area contributed by atoms with E-state index in [1.807, 2.05) is 24.3 Å². The predicted octanol–water partition coefficient (Wildman–Crippen LogP) is 2.65. The third kappa shape index (κ3) is 3.64. The van der Waals surface area contributed by atoms with Crippen LogP contribution in [0.25, 0.3) is 0 Å². The van der Waals surface area contributed by atoms with Gasteiger partial charge in [0.1, 0.15) is 28.7 Å². The molecule has 29 heavy (non-hydrogen) atoms. The molecular formula is C20H19F3N2O3S. The second-order valence-electron chi connectivity index (χ2n) is 7.28. The van der Waals surface area contributed by atoms with E-state index in [9.17, 15) is 26.4 Å². The second-order valence-corrected chi connectivity index (χ2v) is 9.14. The van der Waals surface area contributed by atoms with Gasteiger partial charge < -0.3 is 4.90 Å². The summed E-state index contributed by atoms with van der Waals surface area (Å²) < 4.78 is 68.0. The highest BCUT2D eigenvalue weighted by atomic mass is 32.2. The van der Waals surface area contributed by atoms with Crippen molar-refractivity contribution >= 4 is 15.9 Å². The summed E-state index contributed by atoms with van der Waals surface area (Å²) in [5.74, 6) is -2.71. The number of amides is 1. The van der Waals surface area contributed by atoms with Crippen LogP contribution in [0.5, 0.6) is 0 Å². The zero-order valence-electron chi connectivity index (χ0n) is 15.4. The van der Waals surface area contributed by atoms with Crippen LogP contribution in [0.1, 0.15) is 17.5 Å². The first-order valence-corrected chi connectivity index (χ1v) is 10.7. The highest BCUT2D eigenvalue weighted by Crippen LogP contribution is 2.31. The van der Waals surface area contributed by atoms with Crippen molar-refractivity contribution in [3.63, 3.8) is 0 Å². The first-order valence-electron chi connectivity index (χ1n) is 9.24. The molecule has 0 bridgehead atoms. The van der Waals surface area contributed by atoms with Gasteiger partial charge in [-0.15, -0.1) is 0 Å². The summed E-state index contributed by atoms with van der Waals surface area (Å²) in [5.41, 5.74) is 2.07. The number of sulfonamides is 1. The second kappa shape index (κ2) is 7.46. The summed E-state index contributed by atoms with van der Waals surface area (Å²) >= 11 is 0. The van der Waals surface area contributed by atoms with Crippen molar-refractivity contribution in [1.29, 1.82) is 0 Å². The Hall–Kier alpha value is -2.39. The van der Waals surface area contributed by atoms with E-state index < -0.39 is 51.2 Å². The summed E-state index contributed by atoms with van der Waals surface area (Å²) in [6.07, 6.45) is -1.22. The van der Waals surface area contributed by atoms with Gasteiger partial charge in [0.2, 0.25) is 15.9 Å². The largest absolute Gasteiger partial charge is 0.337 e. The Morgan fingerprint density at radius 1 is 1.07 bits per heavy atom. The highest BCUT2D eigenvalue weighted by Gasteiger charge is 2.46. The van der Waals surface area contributed by atoms with Gasteiger partial charge in [-0.05, 0) is 29.7 Å². The molecule has 2 aliphatic heterocycles. The van der Waals surface area contributed by atoms with Gasteiger partial charge >= 0.3 is 0 Å². The molecule has 5 nitrogen and oxygen atoms in total. The topological polar surface area (TPSA) is 57.7 Å². The smallest absolute Gasteiger partial charge is 0.246 e. The maximum absolute atomic E-state index is 14.2. The highest BCUT2D eigenvalue weighted by molar-refractivity contribution is 7.89. The average molecular weight is 424 g/mol. The number of alkyl halides is 1. The van der Waals surface area contributed by atoms with Gasteiger partial charge in [0.05, 0.1) is 0 Å². The fraction of sp³-hybridized carbons (Fsp3) is 0.350. The number of hydrogen-bond donors (Lipinski definition) is 0. The van der Waals surface area contributed by atoms with E-state index in [2.05, 4.69) is 0 Å². The molecular weight excluding hydrogens is 405 g/mol. The molecule has 1 fully saturated rings. The van der Waals surface area contributed by atoms with Crippen LogP contribution in [0.2, 0.25) is 0 Å². The Kier molecular flexibility index (Phi) is 5.12. The van der Waals surface area contributed by atoms with Crippen molar-refractivity contribution in [2.75, 3.05) is 13.1 Å². The fourth-order valence-electron chi connectivity index (χ4n) is 3.95. The molecule has 154 valence electrons. The number of halogens is 3. The first kappa shape index (κ1) is 19.9. The molecule has 1 saturated heterocycles. The molecule has 9 heteroatoms. The van der Waals surface area contributed by atoms with Crippen molar-refractivity contribution in [2.24, 2.45) is 0 Å². The van der Waals surface area contributed by atoms with E-state index in [1.54, 1.807) is 0 Å². The number of carbonyl (C=O) groups is 1. The van der Waals surface area contributed by atoms with Crippen LogP contribution in [0.3, 0.4) is 0 Å². The molecule has 2 atom stereocenters. The van der Waals surface area contributed by atoms with Crippen LogP contribution >= 0.6 is 0 Å². The molecule has 0 aromatic heterocycles. The molecule has 2 aromatic carbocycles. The van der Waals surface area contributed by atoms with Crippen LogP contribution in [0.15, 0.2) is 47.4 Å². The Morgan fingerprint density at radius 3 is 2.52 bits per heavy atom. The number of fused-ring (bicyclic) bond motifs is 1. The monoisotopic (exact) mass is 424 g/mol. The number of benzene rings is 2. The number of rotatable bonds is 3. The van der Waals surface area contributed by atoms with Crippen molar-refractivity contribution in [1.82, 2.24) is 9.21 Å². The maximum Gasteiger partial charge on any atom is 0.246 e. The molecule has 0 N–H and O–H groups in total. The fourth-order valence-corrected chi connectivity index (χ4v) is 5.62. The Labute approximate surface area is 166 Å². The normalized spacial score (nSPS) is 22.5. The lowest BCUT2D eigenvalue weighted by Crippen LogP contribution is -2.49. The van der Waals surface area contributed by atoms with Gasteiger partial charge in [0, 0.05) is 32.1 Å². The SMILES string of the molecule is O=C(C1CC(F)CN1S(=O)(=O)c1ccc(F)cc1F)N1CCc2ccccc2C1. The minimum atomic E-state index is -4.51. The van der Waals surface area contributed by atoms with E-state index in [0.717, 1.165) is 23.3 Å². The molecule has 0 radical (unpaired) electrons. The molecule has 2 heterocycles. The lowest BCUT2D eigenvalue weighted by atomic mass is 9.99. The third-order valence-corrected chi connectivity index (χ3v) is 7.32. The summed E-state index contributed by atoms with van der Waals surface area (Å²) in [7, 11) is -4.51. The molecule has 0 saturated carbocycles. The van der Waals surface area contributed by atoms with Crippen LogP contribution in [-0.2, 0) is 27.8 Å². The first-order chi connectivity index (χ1) is 13.8.